The Morgan fingerprint density at radius 2 is 1.97 bits per heavy atom. The van der Waals surface area contributed by atoms with Gasteiger partial charge in [-0.2, -0.15) is 0 Å². The molecule has 2 heterocycles. The lowest BCUT2D eigenvalue weighted by Crippen LogP contribution is -2.42. The number of nitrogens with zero attached hydrogens (tertiary/aromatic N) is 2. The first-order valence-electron chi connectivity index (χ1n) is 12.3. The Labute approximate surface area is 212 Å². The number of carbonyl (C=O) groups excluding carboxylic acids is 1. The molecule has 36 heavy (non-hydrogen) atoms. The molecule has 0 fully saturated rings. The van der Waals surface area contributed by atoms with Crippen molar-refractivity contribution in [3.05, 3.63) is 112 Å². The summed E-state index contributed by atoms with van der Waals surface area (Å²) in [5.41, 5.74) is 6.79. The lowest BCUT2D eigenvalue weighted by molar-refractivity contribution is 0.0666. The summed E-state index contributed by atoms with van der Waals surface area (Å²) in [6.45, 7) is 5.04. The summed E-state index contributed by atoms with van der Waals surface area (Å²) in [5.74, 6) is 1.71. The van der Waals surface area contributed by atoms with Crippen molar-refractivity contribution in [2.45, 2.75) is 46.0 Å². The number of para-hydroxylation sites is 1. The molecule has 184 valence electrons. The molecule has 0 bridgehead atoms. The molecule has 1 N–H and O–H groups in total. The Kier molecular flexibility index (Phi) is 6.76. The van der Waals surface area contributed by atoms with E-state index in [1.54, 1.807) is 19.5 Å². The molecule has 0 saturated carbocycles. The van der Waals surface area contributed by atoms with Gasteiger partial charge in [-0.15, -0.1) is 0 Å². The number of aromatic nitrogens is 1. The molecule has 0 radical (unpaired) electrons. The fourth-order valence-corrected chi connectivity index (χ4v) is 4.92. The van der Waals surface area contributed by atoms with E-state index in [0.29, 0.717) is 18.7 Å². The summed E-state index contributed by atoms with van der Waals surface area (Å²) < 4.78 is 12.0. The molecule has 2 aliphatic rings. The minimum absolute atomic E-state index is 0.0180. The Morgan fingerprint density at radius 3 is 2.75 bits per heavy atom. The van der Waals surface area contributed by atoms with Gasteiger partial charge in [0.1, 0.15) is 24.3 Å². The summed E-state index contributed by atoms with van der Waals surface area (Å²) >= 11 is 0. The van der Waals surface area contributed by atoms with Crippen LogP contribution in [0.15, 0.2) is 90.0 Å². The Bertz CT molecular complexity index is 1330. The molecule has 1 aliphatic carbocycles. The van der Waals surface area contributed by atoms with Crippen LogP contribution in [0.25, 0.3) is 0 Å². The number of rotatable bonds is 7. The minimum Gasteiger partial charge on any atom is -0.496 e. The largest absolute Gasteiger partial charge is 0.496 e. The molecular weight excluding hydrogens is 450 g/mol. The third kappa shape index (κ3) is 4.71. The molecule has 6 heteroatoms. The normalized spacial score (nSPS) is 17.3. The van der Waals surface area contributed by atoms with Crippen LogP contribution in [0, 0.1) is 0 Å². The first-order valence-corrected chi connectivity index (χ1v) is 12.3. The lowest BCUT2D eigenvalue weighted by atomic mass is 9.99. The average molecular weight is 482 g/mol. The number of pyridine rings is 1. The number of hydrogen-bond donors (Lipinski definition) is 1. The first-order chi connectivity index (χ1) is 17.5. The van der Waals surface area contributed by atoms with Gasteiger partial charge in [-0.25, -0.2) is 0 Å². The maximum absolute atomic E-state index is 13.6. The van der Waals surface area contributed by atoms with Crippen LogP contribution in [-0.4, -0.2) is 22.9 Å². The number of methoxy groups -OCH3 is 1. The number of allylic oxidation sites excluding steroid dienone is 3. The third-order valence-corrected chi connectivity index (χ3v) is 6.81. The topological polar surface area (TPSA) is 63.7 Å². The van der Waals surface area contributed by atoms with E-state index in [1.807, 2.05) is 53.4 Å². The summed E-state index contributed by atoms with van der Waals surface area (Å²) in [7, 11) is 1.67. The Morgan fingerprint density at radius 1 is 1.11 bits per heavy atom. The summed E-state index contributed by atoms with van der Waals surface area (Å²) in [6, 6.07) is 17.6. The minimum atomic E-state index is -0.352. The van der Waals surface area contributed by atoms with Gasteiger partial charge < -0.3 is 19.7 Å². The van der Waals surface area contributed by atoms with E-state index in [1.165, 1.54) is 11.1 Å². The van der Waals surface area contributed by atoms with Crippen molar-refractivity contribution < 1.29 is 14.3 Å². The second kappa shape index (κ2) is 10.3. The summed E-state index contributed by atoms with van der Waals surface area (Å²) in [6.07, 6.45) is 7.48. The molecule has 6 nitrogen and oxygen atoms in total. The molecule has 1 amide bonds. The van der Waals surface area contributed by atoms with Crippen LogP contribution >= 0.6 is 0 Å². The number of ether oxygens (including phenoxy) is 2. The number of nitrogens with one attached hydrogen (secondary N) is 1. The van der Waals surface area contributed by atoms with Crippen molar-refractivity contribution in [3.63, 3.8) is 0 Å². The predicted molar refractivity (Wildman–Crippen MR) is 140 cm³/mol. The van der Waals surface area contributed by atoms with Gasteiger partial charge in [-0.1, -0.05) is 30.3 Å². The number of anilines is 1. The second-order valence-corrected chi connectivity index (χ2v) is 9.28. The van der Waals surface area contributed by atoms with Gasteiger partial charge in [-0.05, 0) is 79.3 Å². The lowest BCUT2D eigenvalue weighted by Gasteiger charge is -2.38. The smallest absolute Gasteiger partial charge is 0.258 e. The van der Waals surface area contributed by atoms with E-state index in [2.05, 4.69) is 36.3 Å². The molecule has 1 atom stereocenters. The van der Waals surface area contributed by atoms with Gasteiger partial charge >= 0.3 is 0 Å². The van der Waals surface area contributed by atoms with Crippen molar-refractivity contribution in [2.24, 2.45) is 0 Å². The fraction of sp³-hybridized carbons (Fsp3) is 0.267. The molecule has 1 aliphatic heterocycles. The molecule has 2 aromatic carbocycles. The first kappa shape index (κ1) is 23.7. The maximum Gasteiger partial charge on any atom is 0.258 e. The summed E-state index contributed by atoms with van der Waals surface area (Å²) in [4.78, 5) is 19.7. The van der Waals surface area contributed by atoms with Gasteiger partial charge in [0.2, 0.25) is 0 Å². The molecular formula is C30H31N3O3. The van der Waals surface area contributed by atoms with Gasteiger partial charge in [0.05, 0.1) is 12.7 Å². The Balaban J connectivity index is 1.49. The van der Waals surface area contributed by atoms with Gasteiger partial charge in [0.25, 0.3) is 5.91 Å². The van der Waals surface area contributed by atoms with Crippen molar-refractivity contribution in [1.29, 1.82) is 0 Å². The standard InChI is InChI=1S/C30H31N3O3/c1-20-8-6-9-21(2)28(20)36-19-24-16-23(13-14-27(24)35-3)29-32-26-12-5-4-11-25(26)30(34)33(29)18-22-10-7-15-31-17-22/h4-5,7-8,10-17,29,32H,6,9,18-19H2,1-3H3. The zero-order valence-electron chi connectivity index (χ0n) is 21.0. The van der Waals surface area contributed by atoms with Crippen LogP contribution in [-0.2, 0) is 17.9 Å². The number of hydrogen-bond acceptors (Lipinski definition) is 5. The molecule has 0 spiro atoms. The van der Waals surface area contributed by atoms with E-state index >= 15 is 0 Å². The van der Waals surface area contributed by atoms with E-state index in [4.69, 9.17) is 9.47 Å². The second-order valence-electron chi connectivity index (χ2n) is 9.28. The van der Waals surface area contributed by atoms with Crippen LogP contribution in [0.1, 0.15) is 59.9 Å². The average Bonchev–Trinajstić information content (AvgIpc) is 2.90. The maximum atomic E-state index is 13.6. The van der Waals surface area contributed by atoms with Gasteiger partial charge in [0.15, 0.2) is 0 Å². The molecule has 0 saturated heterocycles. The van der Waals surface area contributed by atoms with Crippen LogP contribution in [0.5, 0.6) is 5.75 Å². The molecule has 5 rings (SSSR count). The zero-order chi connectivity index (χ0) is 25.1. The van der Waals surface area contributed by atoms with E-state index < -0.39 is 0 Å². The van der Waals surface area contributed by atoms with E-state index in [9.17, 15) is 4.79 Å². The highest BCUT2D eigenvalue weighted by molar-refractivity contribution is 6.01. The highest BCUT2D eigenvalue weighted by atomic mass is 16.5. The number of carbonyl (C=O) groups is 1. The molecule has 1 aromatic heterocycles. The van der Waals surface area contributed by atoms with Crippen molar-refractivity contribution in [1.82, 2.24) is 9.88 Å². The van der Waals surface area contributed by atoms with Gasteiger partial charge in [0, 0.05) is 30.2 Å². The third-order valence-electron chi connectivity index (χ3n) is 6.81. The highest BCUT2D eigenvalue weighted by Crippen LogP contribution is 2.36. The molecule has 1 unspecified atom stereocenters. The number of amides is 1. The van der Waals surface area contributed by atoms with Crippen molar-refractivity contribution >= 4 is 11.6 Å². The van der Waals surface area contributed by atoms with E-state index in [-0.39, 0.29) is 12.1 Å². The highest BCUT2D eigenvalue weighted by Gasteiger charge is 2.33. The van der Waals surface area contributed by atoms with E-state index in [0.717, 1.165) is 46.7 Å². The zero-order valence-corrected chi connectivity index (χ0v) is 21.0. The monoisotopic (exact) mass is 481 g/mol. The van der Waals surface area contributed by atoms with Crippen molar-refractivity contribution in [2.75, 3.05) is 12.4 Å². The predicted octanol–water partition coefficient (Wildman–Crippen LogP) is 6.39. The fourth-order valence-electron chi connectivity index (χ4n) is 4.92. The molecule has 3 aromatic rings. The quantitative estimate of drug-likeness (QED) is 0.424. The SMILES string of the molecule is COc1ccc(C2Nc3ccccc3C(=O)N2Cc2cccnc2)cc1COC1=C(C)CCC=C1C. The Hall–Kier alpha value is -4.06. The van der Waals surface area contributed by atoms with Crippen LogP contribution < -0.4 is 10.1 Å². The number of fused-ring (bicyclic) bond motifs is 1. The van der Waals surface area contributed by atoms with Crippen molar-refractivity contribution in [3.8, 4) is 5.75 Å². The van der Waals surface area contributed by atoms with Gasteiger partial charge in [-0.3, -0.25) is 9.78 Å². The van der Waals surface area contributed by atoms with Crippen LogP contribution in [0.4, 0.5) is 5.69 Å². The number of benzene rings is 2. The van der Waals surface area contributed by atoms with Crippen LogP contribution in [0.3, 0.4) is 0 Å². The van der Waals surface area contributed by atoms with Crippen LogP contribution in [0.2, 0.25) is 0 Å². The summed E-state index contributed by atoms with van der Waals surface area (Å²) in [5, 5.41) is 3.58.